The molecule has 0 fully saturated rings. The molecule has 3 rings (SSSR count). The molecule has 1 aliphatic heterocycles. The normalized spacial score (nSPS) is 15.4. The van der Waals surface area contributed by atoms with Crippen LogP contribution in [0.4, 0.5) is 11.4 Å². The van der Waals surface area contributed by atoms with E-state index in [0.717, 1.165) is 23.4 Å². The van der Waals surface area contributed by atoms with Gasteiger partial charge in [0.05, 0.1) is 15.7 Å². The Morgan fingerprint density at radius 1 is 1.11 bits per heavy atom. The van der Waals surface area contributed by atoms with Gasteiger partial charge in [0.25, 0.3) is 0 Å². The first-order valence-electron chi connectivity index (χ1n) is 5.93. The Balaban J connectivity index is 1.93. The fourth-order valence-electron chi connectivity index (χ4n) is 2.19. The quantitative estimate of drug-likeness (QED) is 0.754. The fourth-order valence-corrected chi connectivity index (χ4v) is 2.70. The summed E-state index contributed by atoms with van der Waals surface area (Å²) in [5.74, 6) is 0. The van der Waals surface area contributed by atoms with E-state index in [-0.39, 0.29) is 0 Å². The Hall–Kier alpha value is -1.64. The summed E-state index contributed by atoms with van der Waals surface area (Å²) in [6.07, 6.45) is 2.92. The lowest BCUT2D eigenvalue weighted by atomic mass is 10.1. The monoisotopic (exact) mass is 290 g/mol. The van der Waals surface area contributed by atoms with Crippen LogP contribution < -0.4 is 11.1 Å². The standard InChI is InChI=1S/C15H12Cl2N2/c16-12-6-9(7-13(17)15(12)18)5-11-8-10-3-1-2-4-14(10)19-11/h1-7,19H,8,18H2/b11-5+. The lowest BCUT2D eigenvalue weighted by Crippen LogP contribution is -1.93. The molecule has 0 saturated heterocycles. The predicted molar refractivity (Wildman–Crippen MR) is 82.6 cm³/mol. The van der Waals surface area contributed by atoms with Gasteiger partial charge in [-0.1, -0.05) is 41.4 Å². The molecule has 0 saturated carbocycles. The van der Waals surface area contributed by atoms with Crippen LogP contribution in [0.1, 0.15) is 11.1 Å². The number of rotatable bonds is 1. The molecular weight excluding hydrogens is 279 g/mol. The number of benzene rings is 2. The van der Waals surface area contributed by atoms with E-state index in [1.54, 1.807) is 0 Å². The van der Waals surface area contributed by atoms with Crippen molar-refractivity contribution >= 4 is 40.7 Å². The van der Waals surface area contributed by atoms with Crippen molar-refractivity contribution in [3.05, 3.63) is 63.3 Å². The first-order valence-corrected chi connectivity index (χ1v) is 6.69. The van der Waals surface area contributed by atoms with Gasteiger partial charge in [0.2, 0.25) is 0 Å². The SMILES string of the molecule is Nc1c(Cl)cc(/C=C2\Cc3ccccc3N2)cc1Cl. The Morgan fingerprint density at radius 3 is 2.47 bits per heavy atom. The molecule has 19 heavy (non-hydrogen) atoms. The Morgan fingerprint density at radius 2 is 1.79 bits per heavy atom. The first-order chi connectivity index (χ1) is 9.13. The fraction of sp³-hybridized carbons (Fsp3) is 0.0667. The van der Waals surface area contributed by atoms with E-state index in [1.165, 1.54) is 5.56 Å². The first kappa shape index (κ1) is 12.4. The highest BCUT2D eigenvalue weighted by molar-refractivity contribution is 6.39. The van der Waals surface area contributed by atoms with Gasteiger partial charge in [-0.15, -0.1) is 0 Å². The zero-order valence-corrected chi connectivity index (χ0v) is 11.6. The van der Waals surface area contributed by atoms with Gasteiger partial charge in [-0.2, -0.15) is 0 Å². The van der Waals surface area contributed by atoms with Gasteiger partial charge in [-0.05, 0) is 35.4 Å². The lowest BCUT2D eigenvalue weighted by molar-refractivity contribution is 1.26. The van der Waals surface area contributed by atoms with Crippen molar-refractivity contribution in [3.8, 4) is 0 Å². The number of halogens is 2. The number of allylic oxidation sites excluding steroid dienone is 1. The summed E-state index contributed by atoms with van der Waals surface area (Å²) in [5, 5.41) is 4.34. The van der Waals surface area contributed by atoms with Crippen LogP contribution in [0.25, 0.3) is 6.08 Å². The summed E-state index contributed by atoms with van der Waals surface area (Å²) in [6.45, 7) is 0. The Labute approximate surface area is 121 Å². The number of nitrogen functional groups attached to an aromatic ring is 1. The number of nitrogens with two attached hydrogens (primary N) is 1. The van der Waals surface area contributed by atoms with Gasteiger partial charge in [0.1, 0.15) is 0 Å². The van der Waals surface area contributed by atoms with Gasteiger partial charge >= 0.3 is 0 Å². The van der Waals surface area contributed by atoms with Crippen molar-refractivity contribution < 1.29 is 0 Å². The molecule has 0 unspecified atom stereocenters. The molecule has 96 valence electrons. The summed E-state index contributed by atoms with van der Waals surface area (Å²) < 4.78 is 0. The molecule has 0 aliphatic carbocycles. The van der Waals surface area contributed by atoms with Crippen molar-refractivity contribution in [2.24, 2.45) is 0 Å². The highest BCUT2D eigenvalue weighted by Crippen LogP contribution is 2.32. The van der Waals surface area contributed by atoms with Gasteiger partial charge < -0.3 is 11.1 Å². The van der Waals surface area contributed by atoms with Crippen molar-refractivity contribution in [2.75, 3.05) is 11.1 Å². The van der Waals surface area contributed by atoms with Gasteiger partial charge in [-0.3, -0.25) is 0 Å². The minimum absolute atomic E-state index is 0.424. The second-order valence-electron chi connectivity index (χ2n) is 4.53. The zero-order valence-electron chi connectivity index (χ0n) is 10.1. The molecule has 0 atom stereocenters. The Bertz CT molecular complexity index is 628. The van der Waals surface area contributed by atoms with Gasteiger partial charge in [-0.25, -0.2) is 0 Å². The van der Waals surface area contributed by atoms with Gasteiger partial charge in [0.15, 0.2) is 0 Å². The van der Waals surface area contributed by atoms with Crippen LogP contribution in [-0.2, 0) is 6.42 Å². The van der Waals surface area contributed by atoms with E-state index in [2.05, 4.69) is 17.4 Å². The van der Waals surface area contributed by atoms with Gasteiger partial charge in [0, 0.05) is 17.8 Å². The van der Waals surface area contributed by atoms with E-state index in [9.17, 15) is 0 Å². The maximum Gasteiger partial charge on any atom is 0.0693 e. The summed E-state index contributed by atoms with van der Waals surface area (Å²) in [4.78, 5) is 0. The minimum atomic E-state index is 0.424. The molecule has 1 heterocycles. The third kappa shape index (κ3) is 2.42. The topological polar surface area (TPSA) is 38.0 Å². The largest absolute Gasteiger partial charge is 0.396 e. The summed E-state index contributed by atoms with van der Waals surface area (Å²) in [6, 6.07) is 11.9. The van der Waals surface area contributed by atoms with Crippen LogP contribution in [0.5, 0.6) is 0 Å². The second-order valence-corrected chi connectivity index (χ2v) is 5.34. The molecule has 4 heteroatoms. The van der Waals surface area contributed by atoms with E-state index in [0.29, 0.717) is 15.7 Å². The van der Waals surface area contributed by atoms with E-state index in [4.69, 9.17) is 28.9 Å². The van der Waals surface area contributed by atoms with Crippen molar-refractivity contribution in [3.63, 3.8) is 0 Å². The maximum atomic E-state index is 6.03. The molecule has 0 aromatic heterocycles. The van der Waals surface area contributed by atoms with Crippen molar-refractivity contribution in [2.45, 2.75) is 6.42 Å². The van der Waals surface area contributed by atoms with Crippen LogP contribution in [0, 0.1) is 0 Å². The summed E-state index contributed by atoms with van der Waals surface area (Å²) >= 11 is 12.1. The summed E-state index contributed by atoms with van der Waals surface area (Å²) in [7, 11) is 0. The lowest BCUT2D eigenvalue weighted by Gasteiger charge is -2.04. The van der Waals surface area contributed by atoms with Crippen molar-refractivity contribution in [1.29, 1.82) is 0 Å². The maximum absolute atomic E-state index is 6.03. The molecule has 0 amide bonds. The molecule has 0 bridgehead atoms. The molecule has 2 aromatic rings. The van der Waals surface area contributed by atoms with E-state index < -0.39 is 0 Å². The predicted octanol–water partition coefficient (Wildman–Crippen LogP) is 4.58. The third-order valence-corrected chi connectivity index (χ3v) is 3.76. The summed E-state index contributed by atoms with van der Waals surface area (Å²) in [5.41, 5.74) is 10.7. The second kappa shape index (κ2) is 4.80. The zero-order chi connectivity index (χ0) is 13.4. The minimum Gasteiger partial charge on any atom is -0.396 e. The Kier molecular flexibility index (Phi) is 3.13. The number of nitrogens with one attached hydrogen (secondary N) is 1. The molecule has 3 N–H and O–H groups in total. The van der Waals surface area contributed by atoms with Crippen LogP contribution in [0.2, 0.25) is 10.0 Å². The third-order valence-electron chi connectivity index (χ3n) is 3.14. The molecular formula is C15H12Cl2N2. The highest BCUT2D eigenvalue weighted by atomic mass is 35.5. The molecule has 2 nitrogen and oxygen atoms in total. The smallest absolute Gasteiger partial charge is 0.0693 e. The van der Waals surface area contributed by atoms with Crippen LogP contribution in [-0.4, -0.2) is 0 Å². The number of hydrogen-bond donors (Lipinski definition) is 2. The van der Waals surface area contributed by atoms with E-state index in [1.807, 2.05) is 30.3 Å². The number of anilines is 2. The highest BCUT2D eigenvalue weighted by Gasteiger charge is 2.13. The molecule has 1 aliphatic rings. The molecule has 0 spiro atoms. The number of hydrogen-bond acceptors (Lipinski definition) is 2. The average molecular weight is 291 g/mol. The van der Waals surface area contributed by atoms with E-state index >= 15 is 0 Å². The average Bonchev–Trinajstić information content (AvgIpc) is 2.78. The van der Waals surface area contributed by atoms with Crippen LogP contribution in [0.15, 0.2) is 42.1 Å². The van der Waals surface area contributed by atoms with Crippen LogP contribution in [0.3, 0.4) is 0 Å². The van der Waals surface area contributed by atoms with Crippen LogP contribution >= 0.6 is 23.2 Å². The molecule has 2 aromatic carbocycles. The molecule has 0 radical (unpaired) electrons. The number of fused-ring (bicyclic) bond motifs is 1. The van der Waals surface area contributed by atoms with Crippen molar-refractivity contribution in [1.82, 2.24) is 0 Å². The number of para-hydroxylation sites is 1.